The van der Waals surface area contributed by atoms with Crippen LogP contribution in [0.3, 0.4) is 0 Å². The number of hydrogen-bond donors (Lipinski definition) is 6. The molecule has 2 unspecified atom stereocenters. The molecule has 206 valence electrons. The summed E-state index contributed by atoms with van der Waals surface area (Å²) >= 11 is 0. The number of phosphoric ester groups is 1. The maximum absolute atomic E-state index is 13.0. The van der Waals surface area contributed by atoms with Crippen molar-refractivity contribution < 1.29 is 43.2 Å². The molecule has 2 aromatic rings. The summed E-state index contributed by atoms with van der Waals surface area (Å²) in [6.07, 6.45) is -0.0320. The van der Waals surface area contributed by atoms with E-state index in [1.807, 2.05) is 31.2 Å². The van der Waals surface area contributed by atoms with E-state index in [2.05, 4.69) is 20.5 Å². The van der Waals surface area contributed by atoms with Gasteiger partial charge in [-0.2, -0.15) is 0 Å². The third-order valence-corrected chi connectivity index (χ3v) is 6.09. The van der Waals surface area contributed by atoms with Crippen LogP contribution in [0.1, 0.15) is 49.3 Å². The van der Waals surface area contributed by atoms with E-state index >= 15 is 0 Å². The Balaban J connectivity index is 2.41. The zero-order valence-electron chi connectivity index (χ0n) is 21.3. The van der Waals surface area contributed by atoms with Crippen molar-refractivity contribution in [2.24, 2.45) is 0 Å². The zero-order valence-corrected chi connectivity index (χ0v) is 22.2. The van der Waals surface area contributed by atoms with Gasteiger partial charge in [0, 0.05) is 32.2 Å². The van der Waals surface area contributed by atoms with Gasteiger partial charge in [0.2, 0.25) is 23.4 Å². The first-order valence-electron chi connectivity index (χ1n) is 11.8. The number of aliphatic carboxylic acids is 1. The molecule has 0 aromatic heterocycles. The van der Waals surface area contributed by atoms with Gasteiger partial charge in [-0.3, -0.25) is 24.2 Å². The molecule has 0 heterocycles. The van der Waals surface area contributed by atoms with Crippen molar-refractivity contribution in [1.29, 1.82) is 0 Å². The largest absolute Gasteiger partial charge is 0.524 e. The number of carbonyl (C=O) groups excluding carboxylic acids is 3. The Morgan fingerprint density at radius 3 is 2.08 bits per heavy atom. The standard InChI is InChI=1S/C25H32N3O9P/c1-4-22(30)28-25(24(32)33,27-17(3)29)21(19-9-11-20(12-10-19)37-38(34,35)36)15-23(31)26-14-13-18-7-5-16(2)6-8-18/h5-12,21H,4,13-15H2,1-3H3,(H,26,31)(H,27,29)(H,28,30)(H,32,33)(H2,34,35,36). The van der Waals surface area contributed by atoms with Gasteiger partial charge < -0.3 is 25.6 Å². The molecule has 0 aliphatic heterocycles. The van der Waals surface area contributed by atoms with Crippen LogP contribution in [0, 0.1) is 6.92 Å². The lowest BCUT2D eigenvalue weighted by Crippen LogP contribution is -2.68. The predicted octanol–water partition coefficient (Wildman–Crippen LogP) is 1.74. The first-order valence-corrected chi connectivity index (χ1v) is 13.3. The molecule has 0 saturated carbocycles. The van der Waals surface area contributed by atoms with E-state index in [1.165, 1.54) is 31.2 Å². The van der Waals surface area contributed by atoms with Crippen molar-refractivity contribution in [1.82, 2.24) is 16.0 Å². The summed E-state index contributed by atoms with van der Waals surface area (Å²) in [5, 5.41) is 17.6. The second-order valence-corrected chi connectivity index (χ2v) is 9.85. The third kappa shape index (κ3) is 8.98. The lowest BCUT2D eigenvalue weighted by Gasteiger charge is -2.38. The van der Waals surface area contributed by atoms with E-state index in [1.54, 1.807) is 0 Å². The molecular weight excluding hydrogens is 517 g/mol. The number of hydrogen-bond acceptors (Lipinski definition) is 6. The predicted molar refractivity (Wildman–Crippen MR) is 137 cm³/mol. The number of carboxylic acids is 1. The summed E-state index contributed by atoms with van der Waals surface area (Å²) in [5.41, 5.74) is -0.139. The first-order chi connectivity index (χ1) is 17.8. The number of carbonyl (C=O) groups is 4. The summed E-state index contributed by atoms with van der Waals surface area (Å²) in [6, 6.07) is 12.7. The Bertz CT molecular complexity index is 1200. The van der Waals surface area contributed by atoms with Gasteiger partial charge in [-0.15, -0.1) is 0 Å². The highest BCUT2D eigenvalue weighted by Crippen LogP contribution is 2.39. The van der Waals surface area contributed by atoms with Gasteiger partial charge in [-0.1, -0.05) is 48.9 Å². The number of nitrogens with one attached hydrogen (secondary N) is 3. The molecule has 6 N–H and O–H groups in total. The highest BCUT2D eigenvalue weighted by Gasteiger charge is 2.49. The van der Waals surface area contributed by atoms with Crippen LogP contribution in [0.5, 0.6) is 5.75 Å². The fraction of sp³-hybridized carbons (Fsp3) is 0.360. The molecule has 2 aromatic carbocycles. The molecule has 0 saturated heterocycles. The van der Waals surface area contributed by atoms with Gasteiger partial charge in [0.25, 0.3) is 0 Å². The third-order valence-electron chi connectivity index (χ3n) is 5.64. The molecule has 0 aliphatic rings. The second kappa shape index (κ2) is 13.2. The first kappa shape index (κ1) is 30.5. The van der Waals surface area contributed by atoms with Crippen molar-refractivity contribution in [2.45, 2.75) is 51.6 Å². The number of benzene rings is 2. The van der Waals surface area contributed by atoms with E-state index in [-0.39, 0.29) is 24.3 Å². The molecule has 3 amide bonds. The van der Waals surface area contributed by atoms with Crippen LogP contribution in [0.15, 0.2) is 48.5 Å². The average molecular weight is 550 g/mol. The number of amides is 3. The molecular formula is C25H32N3O9P. The summed E-state index contributed by atoms with van der Waals surface area (Å²) in [4.78, 5) is 68.1. The van der Waals surface area contributed by atoms with Crippen molar-refractivity contribution in [3.8, 4) is 5.75 Å². The van der Waals surface area contributed by atoms with Crippen LogP contribution in [0.2, 0.25) is 0 Å². The van der Waals surface area contributed by atoms with Crippen LogP contribution in [-0.2, 0) is 30.2 Å². The van der Waals surface area contributed by atoms with Gasteiger partial charge in [0.15, 0.2) is 0 Å². The molecule has 0 bridgehead atoms. The molecule has 0 aliphatic carbocycles. The summed E-state index contributed by atoms with van der Waals surface area (Å²) < 4.78 is 15.7. The van der Waals surface area contributed by atoms with Crippen LogP contribution >= 0.6 is 7.82 Å². The van der Waals surface area contributed by atoms with Gasteiger partial charge in [-0.05, 0) is 36.6 Å². The van der Waals surface area contributed by atoms with E-state index in [0.29, 0.717) is 6.42 Å². The summed E-state index contributed by atoms with van der Waals surface area (Å²) in [6.45, 7) is 4.78. The van der Waals surface area contributed by atoms with Crippen molar-refractivity contribution >= 4 is 31.5 Å². The molecule has 2 rings (SSSR count). The van der Waals surface area contributed by atoms with Crippen LogP contribution in [0.4, 0.5) is 0 Å². The fourth-order valence-electron chi connectivity index (χ4n) is 3.83. The topological polar surface area (TPSA) is 191 Å². The number of phosphoric acid groups is 1. The van der Waals surface area contributed by atoms with E-state index in [0.717, 1.165) is 18.1 Å². The van der Waals surface area contributed by atoms with Crippen molar-refractivity contribution in [2.75, 3.05) is 6.54 Å². The van der Waals surface area contributed by atoms with Gasteiger partial charge in [-0.25, -0.2) is 9.36 Å². The maximum atomic E-state index is 13.0. The minimum atomic E-state index is -4.85. The average Bonchev–Trinajstić information content (AvgIpc) is 2.82. The highest BCUT2D eigenvalue weighted by molar-refractivity contribution is 7.46. The molecule has 2 atom stereocenters. The number of rotatable bonds is 13. The number of aryl methyl sites for hydroxylation is 1. The maximum Gasteiger partial charge on any atom is 0.524 e. The summed E-state index contributed by atoms with van der Waals surface area (Å²) in [7, 11) is -4.85. The van der Waals surface area contributed by atoms with Crippen LogP contribution in [0.25, 0.3) is 0 Å². The fourth-order valence-corrected chi connectivity index (χ4v) is 4.22. The molecule has 12 nitrogen and oxygen atoms in total. The van der Waals surface area contributed by atoms with Crippen molar-refractivity contribution in [3.63, 3.8) is 0 Å². The molecule has 0 spiro atoms. The smallest absolute Gasteiger partial charge is 0.478 e. The molecule has 0 radical (unpaired) electrons. The Hall–Kier alpha value is -3.73. The Morgan fingerprint density at radius 2 is 1.58 bits per heavy atom. The van der Waals surface area contributed by atoms with Crippen LogP contribution in [-0.4, -0.2) is 50.8 Å². The zero-order chi connectivity index (χ0) is 28.5. The monoisotopic (exact) mass is 549 g/mol. The normalized spacial score (nSPS) is 13.5. The molecule has 13 heteroatoms. The SMILES string of the molecule is CCC(=O)NC(NC(C)=O)(C(=O)O)C(CC(=O)NCCc1ccc(C)cc1)c1ccc(OP(=O)(O)O)cc1. The highest BCUT2D eigenvalue weighted by atomic mass is 31.2. The second-order valence-electron chi connectivity index (χ2n) is 8.69. The Kier molecular flexibility index (Phi) is 10.6. The lowest BCUT2D eigenvalue weighted by atomic mass is 9.82. The quantitative estimate of drug-likeness (QED) is 0.160. The van der Waals surface area contributed by atoms with E-state index < -0.39 is 49.5 Å². The van der Waals surface area contributed by atoms with E-state index in [9.17, 15) is 28.8 Å². The van der Waals surface area contributed by atoms with Gasteiger partial charge in [0.05, 0.1) is 0 Å². The minimum absolute atomic E-state index is 0.0981. The van der Waals surface area contributed by atoms with Gasteiger partial charge >= 0.3 is 13.8 Å². The van der Waals surface area contributed by atoms with Crippen LogP contribution < -0.4 is 20.5 Å². The van der Waals surface area contributed by atoms with Crippen molar-refractivity contribution in [3.05, 3.63) is 65.2 Å². The summed E-state index contributed by atoms with van der Waals surface area (Å²) in [5.74, 6) is -5.13. The Labute approximate surface area is 220 Å². The molecule has 0 fully saturated rings. The molecule has 38 heavy (non-hydrogen) atoms. The Morgan fingerprint density at radius 1 is 0.974 bits per heavy atom. The van der Waals surface area contributed by atoms with E-state index in [4.69, 9.17) is 9.79 Å². The lowest BCUT2D eigenvalue weighted by molar-refractivity contribution is -0.153. The minimum Gasteiger partial charge on any atom is -0.478 e. The number of carboxylic acid groups (broad SMARTS) is 1. The van der Waals surface area contributed by atoms with Gasteiger partial charge in [0.1, 0.15) is 5.75 Å².